The van der Waals surface area contributed by atoms with Crippen molar-refractivity contribution >= 4 is 33.6 Å². The van der Waals surface area contributed by atoms with E-state index in [4.69, 9.17) is 9.40 Å². The summed E-state index contributed by atoms with van der Waals surface area (Å²) in [6.07, 6.45) is 0. The first kappa shape index (κ1) is 20.2. The van der Waals surface area contributed by atoms with Gasteiger partial charge in [-0.05, 0) is 60.5 Å². The van der Waals surface area contributed by atoms with Crippen molar-refractivity contribution in [2.75, 3.05) is 0 Å². The summed E-state index contributed by atoms with van der Waals surface area (Å²) in [5.74, 6) is 0.0134. The van der Waals surface area contributed by atoms with Gasteiger partial charge in [0, 0.05) is 17.2 Å². The Balaban J connectivity index is 1.64. The molecule has 5 nitrogen and oxygen atoms in total. The molecule has 0 saturated heterocycles. The monoisotopic (exact) mass is 444 g/mol. The minimum Gasteiger partial charge on any atom is -0.423 e. The summed E-state index contributed by atoms with van der Waals surface area (Å²) in [6, 6.07) is 20.0. The van der Waals surface area contributed by atoms with Gasteiger partial charge in [-0.1, -0.05) is 36.0 Å². The van der Waals surface area contributed by atoms with E-state index in [1.54, 1.807) is 30.3 Å². The third-order valence-electron chi connectivity index (χ3n) is 5.17. The summed E-state index contributed by atoms with van der Waals surface area (Å²) in [7, 11) is 0. The molecule has 2 aromatic heterocycles. The van der Waals surface area contributed by atoms with Gasteiger partial charge in [-0.15, -0.1) is 0 Å². The van der Waals surface area contributed by atoms with Crippen molar-refractivity contribution in [3.05, 3.63) is 111 Å². The lowest BCUT2D eigenvalue weighted by Crippen LogP contribution is -2.21. The van der Waals surface area contributed by atoms with Crippen LogP contribution in [0.1, 0.15) is 11.1 Å². The summed E-state index contributed by atoms with van der Waals surface area (Å²) < 4.78 is 20.3. The molecular weight excluding hydrogens is 427 g/mol. The van der Waals surface area contributed by atoms with Crippen molar-refractivity contribution in [3.63, 3.8) is 0 Å². The Bertz CT molecular complexity index is 1590. The summed E-state index contributed by atoms with van der Waals surface area (Å²) in [6.45, 7) is 1.93. The van der Waals surface area contributed by atoms with Crippen LogP contribution in [0.15, 0.2) is 92.0 Å². The Hall–Kier alpha value is -3.71. The highest BCUT2D eigenvalue weighted by atomic mass is 32.2. The van der Waals surface area contributed by atoms with E-state index in [2.05, 4.69) is 0 Å². The molecule has 158 valence electrons. The van der Waals surface area contributed by atoms with Crippen LogP contribution >= 0.6 is 11.8 Å². The number of thioether (sulfide) groups is 1. The number of hydrogen-bond acceptors (Lipinski definition) is 5. The van der Waals surface area contributed by atoms with E-state index in [1.165, 1.54) is 34.5 Å². The van der Waals surface area contributed by atoms with Gasteiger partial charge in [-0.2, -0.15) is 0 Å². The second kappa shape index (κ2) is 8.09. The number of fused-ring (bicyclic) bond motifs is 2. The zero-order valence-corrected chi connectivity index (χ0v) is 17.9. The van der Waals surface area contributed by atoms with Crippen LogP contribution < -0.4 is 11.2 Å². The van der Waals surface area contributed by atoms with Crippen molar-refractivity contribution in [2.45, 2.75) is 17.8 Å². The third kappa shape index (κ3) is 3.71. The van der Waals surface area contributed by atoms with E-state index >= 15 is 0 Å². The van der Waals surface area contributed by atoms with Gasteiger partial charge < -0.3 is 4.42 Å². The van der Waals surface area contributed by atoms with Gasteiger partial charge >= 0.3 is 5.63 Å². The van der Waals surface area contributed by atoms with Crippen LogP contribution in [-0.2, 0) is 5.75 Å². The fourth-order valence-corrected chi connectivity index (χ4v) is 4.63. The van der Waals surface area contributed by atoms with E-state index < -0.39 is 5.63 Å². The van der Waals surface area contributed by atoms with Gasteiger partial charge in [0.25, 0.3) is 5.56 Å². The molecule has 0 aliphatic carbocycles. The molecule has 0 fully saturated rings. The number of benzene rings is 3. The summed E-state index contributed by atoms with van der Waals surface area (Å²) in [5, 5.41) is 1.76. The molecule has 0 atom stereocenters. The largest absolute Gasteiger partial charge is 0.423 e. The molecule has 2 heterocycles. The zero-order valence-electron chi connectivity index (χ0n) is 17.0. The normalized spacial score (nSPS) is 11.3. The lowest BCUT2D eigenvalue weighted by atomic mass is 10.1. The minimum atomic E-state index is -0.430. The first-order chi connectivity index (χ1) is 15.5. The first-order valence-corrected chi connectivity index (χ1v) is 10.9. The Labute approximate surface area is 186 Å². The molecule has 0 saturated carbocycles. The van der Waals surface area contributed by atoms with Gasteiger partial charge in [-0.25, -0.2) is 14.2 Å². The van der Waals surface area contributed by atoms with Crippen molar-refractivity contribution in [1.82, 2.24) is 9.55 Å². The summed E-state index contributed by atoms with van der Waals surface area (Å²) in [4.78, 5) is 30.1. The van der Waals surface area contributed by atoms with Crippen LogP contribution in [0.25, 0.3) is 27.6 Å². The Kier molecular flexibility index (Phi) is 5.11. The molecule has 0 N–H and O–H groups in total. The van der Waals surface area contributed by atoms with Crippen molar-refractivity contribution in [3.8, 4) is 5.69 Å². The van der Waals surface area contributed by atoms with Gasteiger partial charge in [0.1, 0.15) is 11.4 Å². The maximum atomic E-state index is 13.5. The highest BCUT2D eigenvalue weighted by Crippen LogP contribution is 2.28. The van der Waals surface area contributed by atoms with Crippen LogP contribution in [0, 0.1) is 12.7 Å². The van der Waals surface area contributed by atoms with Crippen molar-refractivity contribution in [2.24, 2.45) is 0 Å². The zero-order chi connectivity index (χ0) is 22.2. The van der Waals surface area contributed by atoms with E-state index in [0.29, 0.717) is 33.1 Å². The predicted molar refractivity (Wildman–Crippen MR) is 124 cm³/mol. The molecule has 0 radical (unpaired) electrons. The average Bonchev–Trinajstić information content (AvgIpc) is 2.78. The van der Waals surface area contributed by atoms with E-state index in [-0.39, 0.29) is 11.4 Å². The first-order valence-electron chi connectivity index (χ1n) is 9.93. The fourth-order valence-electron chi connectivity index (χ4n) is 3.63. The maximum Gasteiger partial charge on any atom is 0.336 e. The summed E-state index contributed by atoms with van der Waals surface area (Å²) >= 11 is 1.33. The second-order valence-corrected chi connectivity index (χ2v) is 8.35. The van der Waals surface area contributed by atoms with E-state index in [1.807, 2.05) is 31.2 Å². The minimum absolute atomic E-state index is 0.238. The highest BCUT2D eigenvalue weighted by Gasteiger charge is 2.15. The molecule has 5 aromatic rings. The third-order valence-corrected chi connectivity index (χ3v) is 6.16. The average molecular weight is 444 g/mol. The molecule has 0 amide bonds. The lowest BCUT2D eigenvalue weighted by molar-refractivity contribution is 0.559. The quantitative estimate of drug-likeness (QED) is 0.216. The summed E-state index contributed by atoms with van der Waals surface area (Å²) in [5.41, 5.74) is 2.73. The van der Waals surface area contributed by atoms with Crippen LogP contribution in [0.2, 0.25) is 0 Å². The van der Waals surface area contributed by atoms with Crippen LogP contribution in [-0.4, -0.2) is 9.55 Å². The molecule has 7 heteroatoms. The molecule has 0 aliphatic rings. The molecule has 32 heavy (non-hydrogen) atoms. The number of aryl methyl sites for hydroxylation is 1. The van der Waals surface area contributed by atoms with Gasteiger partial charge in [0.15, 0.2) is 5.16 Å². The number of hydrogen-bond donors (Lipinski definition) is 0. The van der Waals surface area contributed by atoms with Gasteiger partial charge in [0.05, 0.1) is 16.6 Å². The van der Waals surface area contributed by atoms with Gasteiger partial charge in [0.2, 0.25) is 0 Å². The fraction of sp³-hybridized carbons (Fsp3) is 0.0800. The number of para-hydroxylation sites is 1. The molecule has 0 bridgehead atoms. The van der Waals surface area contributed by atoms with Crippen molar-refractivity contribution < 1.29 is 8.81 Å². The van der Waals surface area contributed by atoms with Crippen LogP contribution in [0.3, 0.4) is 0 Å². The number of nitrogens with zero attached hydrogens (tertiary/aromatic N) is 2. The Morgan fingerprint density at radius 2 is 1.75 bits per heavy atom. The number of aromatic nitrogens is 2. The predicted octanol–water partition coefficient (Wildman–Crippen LogP) is 5.23. The lowest BCUT2D eigenvalue weighted by Gasteiger charge is -2.13. The maximum absolute atomic E-state index is 13.5. The molecular formula is C25H17FN2O3S. The highest BCUT2D eigenvalue weighted by molar-refractivity contribution is 7.98. The topological polar surface area (TPSA) is 65.1 Å². The van der Waals surface area contributed by atoms with Gasteiger partial charge in [-0.3, -0.25) is 9.36 Å². The number of rotatable bonds is 4. The molecule has 3 aromatic carbocycles. The molecule has 5 rings (SSSR count). The molecule has 0 aliphatic heterocycles. The van der Waals surface area contributed by atoms with E-state index in [9.17, 15) is 14.0 Å². The second-order valence-electron chi connectivity index (χ2n) is 7.41. The smallest absolute Gasteiger partial charge is 0.336 e. The number of halogens is 1. The standard InChI is InChI=1S/C25H17FN2O3S/c1-15-6-11-19-16(13-23(29)31-22(19)12-15)14-32-25-27-21-5-3-2-4-20(21)24(30)28(25)18-9-7-17(26)8-10-18/h2-13H,14H2,1H3. The SMILES string of the molecule is Cc1ccc2c(CSc3nc4ccccc4c(=O)n3-c3ccc(F)cc3)cc(=O)oc2c1. The molecule has 0 unspecified atom stereocenters. The van der Waals surface area contributed by atoms with Crippen LogP contribution in [0.5, 0.6) is 0 Å². The Morgan fingerprint density at radius 1 is 0.969 bits per heavy atom. The van der Waals surface area contributed by atoms with Crippen molar-refractivity contribution in [1.29, 1.82) is 0 Å². The Morgan fingerprint density at radius 3 is 2.56 bits per heavy atom. The molecule has 0 spiro atoms. The van der Waals surface area contributed by atoms with E-state index in [0.717, 1.165) is 16.5 Å². The van der Waals surface area contributed by atoms with Crippen LogP contribution in [0.4, 0.5) is 4.39 Å².